The highest BCUT2D eigenvalue weighted by Gasteiger charge is 2.14. The maximum Gasteiger partial charge on any atom is 0.340 e. The first-order valence-electron chi connectivity index (χ1n) is 5.66. The van der Waals surface area contributed by atoms with E-state index in [4.69, 9.17) is 15.2 Å². The van der Waals surface area contributed by atoms with Gasteiger partial charge in [-0.2, -0.15) is 5.10 Å². The molecule has 1 aromatic heterocycles. The maximum atomic E-state index is 11.6. The molecule has 0 aliphatic heterocycles. The number of rotatable bonds is 3. The van der Waals surface area contributed by atoms with Crippen LogP contribution in [0.3, 0.4) is 0 Å². The smallest absolute Gasteiger partial charge is 0.340 e. The highest BCUT2D eigenvalue weighted by Crippen LogP contribution is 2.28. The van der Waals surface area contributed by atoms with E-state index >= 15 is 0 Å². The van der Waals surface area contributed by atoms with Gasteiger partial charge in [0.05, 0.1) is 25.1 Å². The number of esters is 1. The van der Waals surface area contributed by atoms with Crippen molar-refractivity contribution in [3.05, 3.63) is 35.7 Å². The summed E-state index contributed by atoms with van der Waals surface area (Å²) in [5, 5.41) is 4.00. The summed E-state index contributed by atoms with van der Waals surface area (Å²) >= 11 is 0. The van der Waals surface area contributed by atoms with Crippen molar-refractivity contribution in [2.45, 2.75) is 6.92 Å². The van der Waals surface area contributed by atoms with Gasteiger partial charge in [-0.25, -0.2) is 4.79 Å². The number of ether oxygens (including phenoxy) is 2. The number of nitrogens with zero attached hydrogens (tertiary/aromatic N) is 2. The Morgan fingerprint density at radius 2 is 2.11 bits per heavy atom. The summed E-state index contributed by atoms with van der Waals surface area (Å²) < 4.78 is 11.9. The lowest BCUT2D eigenvalue weighted by Gasteiger charge is -2.10. The second-order valence-electron chi connectivity index (χ2n) is 4.14. The molecule has 0 fully saturated rings. The molecule has 0 unspecified atom stereocenters. The highest BCUT2D eigenvalue weighted by atomic mass is 16.5. The molecule has 6 heteroatoms. The van der Waals surface area contributed by atoms with Crippen LogP contribution in [0.4, 0.5) is 5.69 Å². The van der Waals surface area contributed by atoms with E-state index in [0.717, 1.165) is 5.56 Å². The number of aromatic nitrogens is 2. The normalized spacial score (nSPS) is 10.3. The fraction of sp³-hybridized carbons (Fsp3) is 0.231. The number of anilines is 1. The van der Waals surface area contributed by atoms with E-state index in [-0.39, 0.29) is 0 Å². The first-order chi connectivity index (χ1) is 9.01. The van der Waals surface area contributed by atoms with Gasteiger partial charge in [0.1, 0.15) is 5.75 Å². The zero-order valence-electron chi connectivity index (χ0n) is 11.0. The van der Waals surface area contributed by atoms with Crippen LogP contribution >= 0.6 is 0 Å². The lowest BCUT2D eigenvalue weighted by Crippen LogP contribution is -2.07. The molecule has 2 rings (SSSR count). The predicted molar refractivity (Wildman–Crippen MR) is 70.2 cm³/mol. The van der Waals surface area contributed by atoms with Crippen LogP contribution < -0.4 is 10.5 Å². The third-order valence-electron chi connectivity index (χ3n) is 2.68. The number of carbonyl (C=O) groups excluding carboxylic acids is 1. The van der Waals surface area contributed by atoms with E-state index in [1.807, 2.05) is 0 Å². The van der Waals surface area contributed by atoms with Crippen LogP contribution in [0.25, 0.3) is 0 Å². The van der Waals surface area contributed by atoms with Crippen LogP contribution in [0, 0.1) is 6.92 Å². The Kier molecular flexibility index (Phi) is 3.41. The van der Waals surface area contributed by atoms with Crippen LogP contribution in [0.2, 0.25) is 0 Å². The van der Waals surface area contributed by atoms with Gasteiger partial charge in [-0.3, -0.25) is 4.68 Å². The van der Waals surface area contributed by atoms with Gasteiger partial charge in [-0.05, 0) is 24.6 Å². The third-order valence-corrected chi connectivity index (χ3v) is 2.68. The lowest BCUT2D eigenvalue weighted by molar-refractivity contribution is 0.0601. The number of hydrogen-bond donors (Lipinski definition) is 1. The van der Waals surface area contributed by atoms with Gasteiger partial charge in [0.2, 0.25) is 0 Å². The molecule has 0 bridgehead atoms. The molecule has 2 N–H and O–H groups in total. The minimum Gasteiger partial charge on any atom is -0.465 e. The molecule has 2 aromatic rings. The van der Waals surface area contributed by atoms with Crippen molar-refractivity contribution in [1.82, 2.24) is 9.78 Å². The quantitative estimate of drug-likeness (QED) is 0.674. The number of hydrogen-bond acceptors (Lipinski definition) is 5. The van der Waals surface area contributed by atoms with Crippen molar-refractivity contribution in [3.63, 3.8) is 0 Å². The van der Waals surface area contributed by atoms with Crippen molar-refractivity contribution in [2.24, 2.45) is 7.05 Å². The Morgan fingerprint density at radius 1 is 1.37 bits per heavy atom. The van der Waals surface area contributed by atoms with Gasteiger partial charge < -0.3 is 15.2 Å². The standard InChI is InChI=1S/C13H15N3O3/c1-8-4-9(19-10-6-15-16(2)7-10)5-11(12(8)14)13(17)18-3/h4-7H,14H2,1-3H3. The zero-order valence-corrected chi connectivity index (χ0v) is 11.0. The highest BCUT2D eigenvalue weighted by molar-refractivity contribution is 5.96. The number of methoxy groups -OCH3 is 1. The van der Waals surface area contributed by atoms with Crippen LogP contribution in [0.1, 0.15) is 15.9 Å². The number of aryl methyl sites for hydroxylation is 2. The van der Waals surface area contributed by atoms with Gasteiger partial charge in [0.15, 0.2) is 5.75 Å². The molecular weight excluding hydrogens is 246 g/mol. The van der Waals surface area contributed by atoms with Crippen molar-refractivity contribution in [2.75, 3.05) is 12.8 Å². The van der Waals surface area contributed by atoms with Crippen LogP contribution in [-0.4, -0.2) is 22.9 Å². The predicted octanol–water partition coefficient (Wildman–Crippen LogP) is 1.89. The van der Waals surface area contributed by atoms with Gasteiger partial charge in [0, 0.05) is 12.7 Å². The van der Waals surface area contributed by atoms with Crippen LogP contribution in [0.5, 0.6) is 11.5 Å². The SMILES string of the molecule is COC(=O)c1cc(Oc2cnn(C)c2)cc(C)c1N. The lowest BCUT2D eigenvalue weighted by atomic mass is 10.1. The fourth-order valence-corrected chi connectivity index (χ4v) is 1.69. The zero-order chi connectivity index (χ0) is 14.0. The molecular formula is C13H15N3O3. The second kappa shape index (κ2) is 5.01. The molecule has 1 aromatic carbocycles. The van der Waals surface area contributed by atoms with Crippen molar-refractivity contribution in [3.8, 4) is 11.5 Å². The second-order valence-corrected chi connectivity index (χ2v) is 4.14. The average Bonchev–Trinajstić information content (AvgIpc) is 2.78. The third kappa shape index (κ3) is 2.67. The van der Waals surface area contributed by atoms with Gasteiger partial charge in [0.25, 0.3) is 0 Å². The fourth-order valence-electron chi connectivity index (χ4n) is 1.69. The van der Waals surface area contributed by atoms with Gasteiger partial charge in [-0.1, -0.05) is 0 Å². The van der Waals surface area contributed by atoms with Crippen LogP contribution in [-0.2, 0) is 11.8 Å². The molecule has 0 amide bonds. The molecule has 6 nitrogen and oxygen atoms in total. The van der Waals surface area contributed by atoms with E-state index in [2.05, 4.69) is 5.10 Å². The number of benzene rings is 1. The Morgan fingerprint density at radius 3 is 2.68 bits per heavy atom. The molecule has 1 heterocycles. The summed E-state index contributed by atoms with van der Waals surface area (Å²) in [6, 6.07) is 3.32. The number of nitrogens with two attached hydrogens (primary N) is 1. The minimum atomic E-state index is -0.489. The topological polar surface area (TPSA) is 79.4 Å². The van der Waals surface area contributed by atoms with Crippen molar-refractivity contribution >= 4 is 11.7 Å². The number of carbonyl (C=O) groups is 1. The first-order valence-corrected chi connectivity index (χ1v) is 5.66. The van der Waals surface area contributed by atoms with E-state index in [9.17, 15) is 4.79 Å². The van der Waals surface area contributed by atoms with E-state index < -0.39 is 5.97 Å². The van der Waals surface area contributed by atoms with Crippen LogP contribution in [0.15, 0.2) is 24.5 Å². The van der Waals surface area contributed by atoms with E-state index in [1.54, 1.807) is 43.2 Å². The summed E-state index contributed by atoms with van der Waals surface area (Å²) in [6.07, 6.45) is 3.31. The molecule has 0 radical (unpaired) electrons. The molecule has 19 heavy (non-hydrogen) atoms. The van der Waals surface area contributed by atoms with E-state index in [1.165, 1.54) is 7.11 Å². The molecule has 0 atom stereocenters. The van der Waals surface area contributed by atoms with Crippen molar-refractivity contribution in [1.29, 1.82) is 0 Å². The van der Waals surface area contributed by atoms with E-state index in [0.29, 0.717) is 22.7 Å². The number of nitrogen functional groups attached to an aromatic ring is 1. The molecule has 0 saturated carbocycles. The molecule has 0 saturated heterocycles. The first kappa shape index (κ1) is 12.9. The average molecular weight is 261 g/mol. The van der Waals surface area contributed by atoms with Gasteiger partial charge in [-0.15, -0.1) is 0 Å². The summed E-state index contributed by atoms with van der Waals surface area (Å²) in [6.45, 7) is 1.80. The summed E-state index contributed by atoms with van der Waals surface area (Å²) in [5.41, 5.74) is 7.29. The largest absolute Gasteiger partial charge is 0.465 e. The summed E-state index contributed by atoms with van der Waals surface area (Å²) in [7, 11) is 3.10. The summed E-state index contributed by atoms with van der Waals surface area (Å²) in [4.78, 5) is 11.6. The minimum absolute atomic E-state index is 0.293. The maximum absolute atomic E-state index is 11.6. The Hall–Kier alpha value is -2.50. The van der Waals surface area contributed by atoms with Crippen molar-refractivity contribution < 1.29 is 14.3 Å². The Balaban J connectivity index is 2.36. The molecule has 0 spiro atoms. The molecule has 0 aliphatic rings. The van der Waals surface area contributed by atoms with Gasteiger partial charge >= 0.3 is 5.97 Å². The molecule has 100 valence electrons. The Labute approximate surface area is 110 Å². The molecule has 0 aliphatic carbocycles. The Bertz CT molecular complexity index is 620. The summed E-state index contributed by atoms with van der Waals surface area (Å²) in [5.74, 6) is 0.611. The monoisotopic (exact) mass is 261 g/mol.